The van der Waals surface area contributed by atoms with Gasteiger partial charge in [0.15, 0.2) is 0 Å². The molecule has 1 unspecified atom stereocenters. The Kier molecular flexibility index (Phi) is 5.62. The van der Waals surface area contributed by atoms with Crippen LogP contribution in [0.4, 0.5) is 5.69 Å². The Balaban J connectivity index is 2.07. The highest BCUT2D eigenvalue weighted by atomic mass is 16.5. The molecule has 1 heterocycles. The van der Waals surface area contributed by atoms with Gasteiger partial charge in [0.05, 0.1) is 6.10 Å². The molecule has 4 heteroatoms. The van der Waals surface area contributed by atoms with Gasteiger partial charge in [0.2, 0.25) is 0 Å². The summed E-state index contributed by atoms with van der Waals surface area (Å²) in [5.74, 6) is 0.116. The van der Waals surface area contributed by atoms with Gasteiger partial charge in [0, 0.05) is 37.5 Å². The Morgan fingerprint density at radius 2 is 2.24 bits per heavy atom. The Morgan fingerprint density at radius 3 is 2.90 bits per heavy atom. The van der Waals surface area contributed by atoms with E-state index in [1.807, 2.05) is 36.9 Å². The van der Waals surface area contributed by atoms with Crippen molar-refractivity contribution in [3.05, 3.63) is 29.3 Å². The van der Waals surface area contributed by atoms with E-state index in [4.69, 9.17) is 4.74 Å². The van der Waals surface area contributed by atoms with E-state index in [1.54, 1.807) is 0 Å². The van der Waals surface area contributed by atoms with E-state index in [1.165, 1.54) is 0 Å². The maximum absolute atomic E-state index is 12.6. The highest BCUT2D eigenvalue weighted by Gasteiger charge is 2.24. The lowest BCUT2D eigenvalue weighted by Gasteiger charge is -2.32. The molecule has 2 rings (SSSR count). The number of carbonyl (C=O) groups excluding carboxylic acids is 1. The predicted molar refractivity (Wildman–Crippen MR) is 85.9 cm³/mol. The summed E-state index contributed by atoms with van der Waals surface area (Å²) in [5.41, 5.74) is 2.98. The molecule has 1 aliphatic heterocycles. The first-order chi connectivity index (χ1) is 10.2. The molecule has 1 atom stereocenters. The zero-order valence-corrected chi connectivity index (χ0v) is 13.3. The number of likely N-dealkylation sites (tertiary alicyclic amines) is 1. The molecule has 116 valence electrons. The number of nitrogens with zero attached hydrogens (tertiary/aromatic N) is 1. The van der Waals surface area contributed by atoms with Crippen molar-refractivity contribution in [3.8, 4) is 0 Å². The lowest BCUT2D eigenvalue weighted by molar-refractivity contribution is 0.00724. The van der Waals surface area contributed by atoms with Gasteiger partial charge in [-0.3, -0.25) is 4.79 Å². The standard InChI is InChI=1S/C17H26N2O2/c1-4-18-16-9-8-14(11-13(16)3)17(20)19-10-6-7-15(12-19)21-5-2/h8-9,11,15,18H,4-7,10,12H2,1-3H3. The summed E-state index contributed by atoms with van der Waals surface area (Å²) < 4.78 is 5.67. The van der Waals surface area contributed by atoms with Crippen LogP contribution < -0.4 is 5.32 Å². The maximum atomic E-state index is 12.6. The quantitative estimate of drug-likeness (QED) is 0.906. The molecule has 0 aromatic heterocycles. The minimum Gasteiger partial charge on any atom is -0.385 e. The van der Waals surface area contributed by atoms with E-state index >= 15 is 0 Å². The number of rotatable bonds is 5. The fourth-order valence-corrected chi connectivity index (χ4v) is 2.86. The average molecular weight is 290 g/mol. The van der Waals surface area contributed by atoms with E-state index in [-0.39, 0.29) is 12.0 Å². The number of carbonyl (C=O) groups is 1. The largest absolute Gasteiger partial charge is 0.385 e. The van der Waals surface area contributed by atoms with E-state index in [2.05, 4.69) is 12.2 Å². The molecule has 1 aromatic rings. The van der Waals surface area contributed by atoms with Gasteiger partial charge in [0.1, 0.15) is 0 Å². The van der Waals surface area contributed by atoms with Crippen LogP contribution in [0.2, 0.25) is 0 Å². The van der Waals surface area contributed by atoms with Crippen molar-refractivity contribution in [3.63, 3.8) is 0 Å². The summed E-state index contributed by atoms with van der Waals surface area (Å²) >= 11 is 0. The molecule has 0 radical (unpaired) electrons. The number of hydrogen-bond acceptors (Lipinski definition) is 3. The van der Waals surface area contributed by atoms with Gasteiger partial charge in [-0.05, 0) is 57.4 Å². The smallest absolute Gasteiger partial charge is 0.253 e. The van der Waals surface area contributed by atoms with Gasteiger partial charge in [-0.2, -0.15) is 0 Å². The summed E-state index contributed by atoms with van der Waals surface area (Å²) in [4.78, 5) is 14.5. The molecule has 1 fully saturated rings. The van der Waals surface area contributed by atoms with Gasteiger partial charge >= 0.3 is 0 Å². The van der Waals surface area contributed by atoms with Crippen molar-refractivity contribution >= 4 is 11.6 Å². The fraction of sp³-hybridized carbons (Fsp3) is 0.588. The predicted octanol–water partition coefficient (Wildman–Crippen LogP) is 3.07. The maximum Gasteiger partial charge on any atom is 0.253 e. The molecular formula is C17H26N2O2. The lowest BCUT2D eigenvalue weighted by atomic mass is 10.0. The Hall–Kier alpha value is -1.55. The number of amides is 1. The summed E-state index contributed by atoms with van der Waals surface area (Å²) in [6, 6.07) is 5.89. The van der Waals surface area contributed by atoms with E-state index in [0.29, 0.717) is 13.2 Å². The first-order valence-electron chi connectivity index (χ1n) is 7.91. The average Bonchev–Trinajstić information content (AvgIpc) is 2.49. The third kappa shape index (κ3) is 3.97. The van der Waals surface area contributed by atoms with Crippen LogP contribution in [-0.4, -0.2) is 43.2 Å². The zero-order valence-electron chi connectivity index (χ0n) is 13.3. The van der Waals surface area contributed by atoms with Gasteiger partial charge in [-0.1, -0.05) is 0 Å². The molecule has 1 saturated heterocycles. The van der Waals surface area contributed by atoms with Gasteiger partial charge in [0.25, 0.3) is 5.91 Å². The molecule has 0 bridgehead atoms. The molecule has 1 N–H and O–H groups in total. The summed E-state index contributed by atoms with van der Waals surface area (Å²) in [7, 11) is 0. The number of anilines is 1. The second-order valence-corrected chi connectivity index (χ2v) is 5.53. The van der Waals surface area contributed by atoms with Gasteiger partial charge in [-0.15, -0.1) is 0 Å². The number of benzene rings is 1. The lowest BCUT2D eigenvalue weighted by Crippen LogP contribution is -2.43. The van der Waals surface area contributed by atoms with Crippen LogP contribution in [0.15, 0.2) is 18.2 Å². The van der Waals surface area contributed by atoms with Crippen molar-refractivity contribution in [2.75, 3.05) is 31.6 Å². The Labute approximate surface area is 127 Å². The Morgan fingerprint density at radius 1 is 1.43 bits per heavy atom. The molecule has 1 amide bonds. The molecule has 0 aliphatic carbocycles. The first-order valence-corrected chi connectivity index (χ1v) is 7.91. The number of hydrogen-bond donors (Lipinski definition) is 1. The monoisotopic (exact) mass is 290 g/mol. The number of piperidine rings is 1. The van der Waals surface area contributed by atoms with E-state index in [0.717, 1.165) is 42.7 Å². The molecule has 0 saturated carbocycles. The fourth-order valence-electron chi connectivity index (χ4n) is 2.86. The highest BCUT2D eigenvalue weighted by molar-refractivity contribution is 5.95. The third-order valence-corrected chi connectivity index (χ3v) is 3.91. The van der Waals surface area contributed by atoms with Crippen LogP contribution in [0, 0.1) is 6.92 Å². The van der Waals surface area contributed by atoms with Crippen molar-refractivity contribution in [1.82, 2.24) is 4.90 Å². The van der Waals surface area contributed by atoms with Crippen molar-refractivity contribution in [2.24, 2.45) is 0 Å². The number of aryl methyl sites for hydroxylation is 1. The van der Waals surface area contributed by atoms with Gasteiger partial charge in [-0.25, -0.2) is 0 Å². The minimum absolute atomic E-state index is 0.116. The van der Waals surface area contributed by atoms with Crippen LogP contribution in [-0.2, 0) is 4.74 Å². The third-order valence-electron chi connectivity index (χ3n) is 3.91. The summed E-state index contributed by atoms with van der Waals surface area (Å²) in [6.45, 7) is 9.24. The van der Waals surface area contributed by atoms with Crippen LogP contribution in [0.3, 0.4) is 0 Å². The van der Waals surface area contributed by atoms with Crippen LogP contribution in [0.5, 0.6) is 0 Å². The van der Waals surface area contributed by atoms with E-state index < -0.39 is 0 Å². The topological polar surface area (TPSA) is 41.6 Å². The molecule has 1 aromatic carbocycles. The van der Waals surface area contributed by atoms with Crippen molar-refractivity contribution in [2.45, 2.75) is 39.7 Å². The number of ether oxygens (including phenoxy) is 1. The molecule has 4 nitrogen and oxygen atoms in total. The highest BCUT2D eigenvalue weighted by Crippen LogP contribution is 2.20. The molecule has 1 aliphatic rings. The van der Waals surface area contributed by atoms with Gasteiger partial charge < -0.3 is 15.0 Å². The SMILES string of the molecule is CCNc1ccc(C(=O)N2CCCC(OCC)C2)cc1C. The second-order valence-electron chi connectivity index (χ2n) is 5.53. The van der Waals surface area contributed by atoms with Crippen molar-refractivity contribution in [1.29, 1.82) is 0 Å². The first kappa shape index (κ1) is 15.8. The number of nitrogens with one attached hydrogen (secondary N) is 1. The molecular weight excluding hydrogens is 264 g/mol. The summed E-state index contributed by atoms with van der Waals surface area (Å²) in [6.07, 6.45) is 2.26. The Bertz CT molecular complexity index is 486. The molecule has 21 heavy (non-hydrogen) atoms. The van der Waals surface area contributed by atoms with Crippen LogP contribution in [0.25, 0.3) is 0 Å². The van der Waals surface area contributed by atoms with Crippen LogP contribution in [0.1, 0.15) is 42.6 Å². The second kappa shape index (κ2) is 7.46. The van der Waals surface area contributed by atoms with E-state index in [9.17, 15) is 4.79 Å². The minimum atomic E-state index is 0.116. The normalized spacial score (nSPS) is 18.6. The summed E-state index contributed by atoms with van der Waals surface area (Å²) in [5, 5.41) is 3.30. The zero-order chi connectivity index (χ0) is 15.2. The molecule has 0 spiro atoms. The van der Waals surface area contributed by atoms with Crippen molar-refractivity contribution < 1.29 is 9.53 Å². The van der Waals surface area contributed by atoms with Crippen LogP contribution >= 0.6 is 0 Å².